The van der Waals surface area contributed by atoms with Crippen LogP contribution in [0.4, 0.5) is 0 Å². The van der Waals surface area contributed by atoms with Crippen LogP contribution >= 0.6 is 11.8 Å². The van der Waals surface area contributed by atoms with Crippen molar-refractivity contribution < 1.29 is 8.94 Å². The predicted molar refractivity (Wildman–Crippen MR) is 114 cm³/mol. The average molecular weight is 422 g/mol. The summed E-state index contributed by atoms with van der Waals surface area (Å²) in [5.74, 6) is 3.28. The summed E-state index contributed by atoms with van der Waals surface area (Å²) in [7, 11) is 0. The molecule has 0 N–H and O–H groups in total. The zero-order valence-electron chi connectivity index (χ0n) is 16.8. The molecule has 5 rings (SSSR count). The highest BCUT2D eigenvalue weighted by molar-refractivity contribution is 7.98. The van der Waals surface area contributed by atoms with E-state index in [1.807, 2.05) is 43.3 Å². The highest BCUT2D eigenvalue weighted by Crippen LogP contribution is 2.36. The van der Waals surface area contributed by atoms with E-state index in [4.69, 9.17) is 8.94 Å². The molecule has 0 aliphatic heterocycles. The molecule has 3 heterocycles. The molecule has 0 saturated heterocycles. The smallest absolute Gasteiger partial charge is 0.237 e. The van der Waals surface area contributed by atoms with Gasteiger partial charge in [0.15, 0.2) is 10.9 Å². The molecule has 30 heavy (non-hydrogen) atoms. The molecule has 0 amide bonds. The molecule has 0 spiro atoms. The zero-order valence-corrected chi connectivity index (χ0v) is 17.6. The summed E-state index contributed by atoms with van der Waals surface area (Å²) < 4.78 is 13.4. The van der Waals surface area contributed by atoms with Crippen molar-refractivity contribution in [3.63, 3.8) is 0 Å². The maximum absolute atomic E-state index is 5.62. The Morgan fingerprint density at radius 3 is 2.73 bits per heavy atom. The minimum absolute atomic E-state index is 0.390. The minimum Gasteiger partial charge on any atom is -0.461 e. The number of aryl methyl sites for hydroxylation is 1. The molecule has 0 bridgehead atoms. The Morgan fingerprint density at radius 2 is 1.93 bits per heavy atom. The maximum Gasteiger partial charge on any atom is 0.237 e. The van der Waals surface area contributed by atoms with Crippen LogP contribution in [0.1, 0.15) is 49.6 Å². The summed E-state index contributed by atoms with van der Waals surface area (Å²) >= 11 is 1.58. The first-order chi connectivity index (χ1) is 14.8. The summed E-state index contributed by atoms with van der Waals surface area (Å²) in [5.41, 5.74) is 2.11. The highest BCUT2D eigenvalue weighted by Gasteiger charge is 2.25. The van der Waals surface area contributed by atoms with Crippen LogP contribution in [0.5, 0.6) is 0 Å². The van der Waals surface area contributed by atoms with Gasteiger partial charge in [-0.1, -0.05) is 60.4 Å². The van der Waals surface area contributed by atoms with Gasteiger partial charge in [0.2, 0.25) is 17.5 Å². The van der Waals surface area contributed by atoms with E-state index < -0.39 is 0 Å². The molecule has 8 heteroatoms. The quantitative estimate of drug-likeness (QED) is 0.370. The van der Waals surface area contributed by atoms with E-state index in [0.29, 0.717) is 23.5 Å². The van der Waals surface area contributed by atoms with Crippen molar-refractivity contribution in [1.82, 2.24) is 24.9 Å². The van der Waals surface area contributed by atoms with Crippen LogP contribution in [0.2, 0.25) is 0 Å². The number of benzene rings is 1. The molecule has 1 aliphatic rings. The lowest BCUT2D eigenvalue weighted by Gasteiger charge is -2.25. The maximum atomic E-state index is 5.62. The Bertz CT molecular complexity index is 1110. The monoisotopic (exact) mass is 421 g/mol. The van der Waals surface area contributed by atoms with E-state index in [9.17, 15) is 0 Å². The molecule has 3 aromatic heterocycles. The van der Waals surface area contributed by atoms with Crippen LogP contribution < -0.4 is 0 Å². The van der Waals surface area contributed by atoms with Gasteiger partial charge in [0.05, 0.1) is 12.0 Å². The number of hydrogen-bond donors (Lipinski definition) is 0. The second-order valence-corrected chi connectivity index (χ2v) is 8.50. The molecular formula is C22H23N5O2S. The van der Waals surface area contributed by atoms with E-state index in [-0.39, 0.29) is 0 Å². The molecule has 7 nitrogen and oxygen atoms in total. The third kappa shape index (κ3) is 3.79. The summed E-state index contributed by atoms with van der Waals surface area (Å²) in [5, 5.41) is 13.9. The molecular weight excluding hydrogens is 398 g/mol. The molecule has 1 aliphatic carbocycles. The van der Waals surface area contributed by atoms with Crippen LogP contribution in [0.15, 0.2) is 56.8 Å². The Balaban J connectivity index is 1.38. The number of furan rings is 1. The van der Waals surface area contributed by atoms with E-state index in [1.165, 1.54) is 19.3 Å². The summed E-state index contributed by atoms with van der Waals surface area (Å²) in [6.45, 7) is 2.04. The van der Waals surface area contributed by atoms with Crippen molar-refractivity contribution in [2.75, 3.05) is 0 Å². The first-order valence-electron chi connectivity index (χ1n) is 10.3. The van der Waals surface area contributed by atoms with Gasteiger partial charge < -0.3 is 8.94 Å². The van der Waals surface area contributed by atoms with Gasteiger partial charge >= 0.3 is 0 Å². The lowest BCUT2D eigenvalue weighted by molar-refractivity contribution is 0.337. The van der Waals surface area contributed by atoms with E-state index in [1.54, 1.807) is 18.0 Å². The second-order valence-electron chi connectivity index (χ2n) is 7.56. The second kappa shape index (κ2) is 8.47. The van der Waals surface area contributed by atoms with Crippen LogP contribution in [0.25, 0.3) is 23.0 Å². The largest absolute Gasteiger partial charge is 0.461 e. The Morgan fingerprint density at radius 1 is 1.07 bits per heavy atom. The summed E-state index contributed by atoms with van der Waals surface area (Å²) in [6.07, 6.45) is 7.70. The zero-order chi connectivity index (χ0) is 20.3. The molecule has 1 saturated carbocycles. The highest BCUT2D eigenvalue weighted by atomic mass is 32.2. The average Bonchev–Trinajstić information content (AvgIpc) is 3.53. The fourth-order valence-corrected chi connectivity index (χ4v) is 4.83. The topological polar surface area (TPSA) is 82.8 Å². The predicted octanol–water partition coefficient (Wildman–Crippen LogP) is 5.69. The van der Waals surface area contributed by atoms with Gasteiger partial charge in [0.25, 0.3) is 0 Å². The van der Waals surface area contributed by atoms with E-state index >= 15 is 0 Å². The molecule has 1 aromatic carbocycles. The SMILES string of the molecule is Cc1ccccc1-c1noc(CSc2nnc(-c3ccco3)n2C2CCCCC2)n1. The lowest BCUT2D eigenvalue weighted by atomic mass is 9.95. The third-order valence-corrected chi connectivity index (χ3v) is 6.45. The van der Waals surface area contributed by atoms with Gasteiger partial charge in [-0.15, -0.1) is 10.2 Å². The molecule has 1 fully saturated rings. The van der Waals surface area contributed by atoms with Crippen LogP contribution in [-0.2, 0) is 5.75 Å². The Kier molecular flexibility index (Phi) is 5.40. The summed E-state index contributed by atoms with van der Waals surface area (Å²) in [6, 6.07) is 12.2. The molecule has 0 atom stereocenters. The van der Waals surface area contributed by atoms with Gasteiger partial charge in [-0.05, 0) is 37.5 Å². The normalized spacial score (nSPS) is 15.0. The minimum atomic E-state index is 0.390. The Hall–Kier alpha value is -2.87. The van der Waals surface area contributed by atoms with Gasteiger partial charge in [0.1, 0.15) is 0 Å². The number of rotatable bonds is 6. The van der Waals surface area contributed by atoms with Crippen molar-refractivity contribution in [2.45, 2.75) is 56.0 Å². The van der Waals surface area contributed by atoms with Crippen molar-refractivity contribution in [3.05, 3.63) is 54.1 Å². The standard InChI is InChI=1S/C22H23N5O2S/c1-15-8-5-6-11-17(15)20-23-19(29-26-20)14-30-22-25-24-21(18-12-7-13-28-18)27(22)16-9-3-2-4-10-16/h5-8,11-13,16H,2-4,9-10,14H2,1H3. The number of aromatic nitrogens is 5. The van der Waals surface area contributed by atoms with Crippen LogP contribution in [0.3, 0.4) is 0 Å². The van der Waals surface area contributed by atoms with Gasteiger partial charge in [-0.2, -0.15) is 4.98 Å². The number of hydrogen-bond acceptors (Lipinski definition) is 7. The lowest BCUT2D eigenvalue weighted by Crippen LogP contribution is -2.15. The van der Waals surface area contributed by atoms with Crippen molar-refractivity contribution in [2.24, 2.45) is 0 Å². The van der Waals surface area contributed by atoms with E-state index in [0.717, 1.165) is 40.7 Å². The van der Waals surface area contributed by atoms with Crippen molar-refractivity contribution in [1.29, 1.82) is 0 Å². The summed E-state index contributed by atoms with van der Waals surface area (Å²) in [4.78, 5) is 4.58. The van der Waals surface area contributed by atoms with Gasteiger partial charge in [0, 0.05) is 11.6 Å². The van der Waals surface area contributed by atoms with E-state index in [2.05, 4.69) is 24.9 Å². The fourth-order valence-electron chi connectivity index (χ4n) is 3.99. The number of nitrogens with zero attached hydrogens (tertiary/aromatic N) is 5. The fraction of sp³-hybridized carbons (Fsp3) is 0.364. The number of thioether (sulfide) groups is 1. The van der Waals surface area contributed by atoms with Crippen molar-refractivity contribution >= 4 is 11.8 Å². The molecule has 154 valence electrons. The van der Waals surface area contributed by atoms with Crippen LogP contribution in [0, 0.1) is 6.92 Å². The first kappa shape index (κ1) is 19.1. The molecule has 0 unspecified atom stereocenters. The third-order valence-electron chi connectivity index (χ3n) is 5.52. The van der Waals surface area contributed by atoms with Crippen LogP contribution in [-0.4, -0.2) is 24.9 Å². The van der Waals surface area contributed by atoms with Crippen molar-refractivity contribution in [3.8, 4) is 23.0 Å². The Labute approximate surface area is 178 Å². The molecule has 4 aromatic rings. The van der Waals surface area contributed by atoms with Gasteiger partial charge in [-0.3, -0.25) is 4.57 Å². The molecule has 0 radical (unpaired) electrons. The van der Waals surface area contributed by atoms with Gasteiger partial charge in [-0.25, -0.2) is 0 Å². The first-order valence-corrected chi connectivity index (χ1v) is 11.3.